The molecule has 0 aromatic heterocycles. The molecule has 35 heavy (non-hydrogen) atoms. The van der Waals surface area contributed by atoms with Crippen molar-refractivity contribution in [2.24, 2.45) is 5.92 Å². The molecule has 7 nitrogen and oxygen atoms in total. The van der Waals surface area contributed by atoms with Crippen LogP contribution in [0.15, 0.2) is 48.5 Å². The predicted molar refractivity (Wildman–Crippen MR) is 133 cm³/mol. The van der Waals surface area contributed by atoms with E-state index in [0.29, 0.717) is 12.8 Å². The third-order valence-corrected chi connectivity index (χ3v) is 7.10. The Balaban J connectivity index is 1.24. The fourth-order valence-electron chi connectivity index (χ4n) is 5.53. The van der Waals surface area contributed by atoms with Crippen LogP contribution < -0.4 is 10.6 Å². The first kappa shape index (κ1) is 24.8. The van der Waals surface area contributed by atoms with E-state index in [1.54, 1.807) is 0 Å². The van der Waals surface area contributed by atoms with Gasteiger partial charge in [-0.1, -0.05) is 61.9 Å². The van der Waals surface area contributed by atoms with Gasteiger partial charge in [0.15, 0.2) is 0 Å². The SMILES string of the molecule is CCC[C@H](CC(=O)O)NC(=O)C[C@H]1CC[C@@H](NC(=O)OCC2c3ccccc3-c3ccccc32)C1. The van der Waals surface area contributed by atoms with Crippen molar-refractivity contribution >= 4 is 18.0 Å². The van der Waals surface area contributed by atoms with Gasteiger partial charge in [-0.15, -0.1) is 0 Å². The lowest BCUT2D eigenvalue weighted by Gasteiger charge is -2.18. The molecule has 4 rings (SSSR count). The van der Waals surface area contributed by atoms with Crippen LogP contribution in [0.2, 0.25) is 0 Å². The molecule has 7 heteroatoms. The molecule has 2 amide bonds. The molecule has 2 aliphatic rings. The molecule has 2 aliphatic carbocycles. The van der Waals surface area contributed by atoms with E-state index in [0.717, 1.165) is 25.7 Å². The summed E-state index contributed by atoms with van der Waals surface area (Å²) in [5.41, 5.74) is 4.74. The minimum Gasteiger partial charge on any atom is -0.481 e. The molecule has 1 fully saturated rings. The molecule has 0 radical (unpaired) electrons. The topological polar surface area (TPSA) is 105 Å². The molecular formula is C28H34N2O5. The van der Waals surface area contributed by atoms with Crippen LogP contribution in [-0.4, -0.2) is 41.8 Å². The Hall–Kier alpha value is -3.35. The number of carbonyl (C=O) groups excluding carboxylic acids is 2. The van der Waals surface area contributed by atoms with Crippen LogP contribution in [0.4, 0.5) is 4.79 Å². The van der Waals surface area contributed by atoms with E-state index in [1.807, 2.05) is 31.2 Å². The molecule has 1 saturated carbocycles. The minimum atomic E-state index is -0.906. The van der Waals surface area contributed by atoms with Gasteiger partial charge >= 0.3 is 12.1 Å². The molecule has 2 aromatic rings. The summed E-state index contributed by atoms with van der Waals surface area (Å²) in [6.45, 7) is 2.25. The molecule has 0 spiro atoms. The lowest BCUT2D eigenvalue weighted by atomic mass is 9.98. The molecule has 186 valence electrons. The van der Waals surface area contributed by atoms with E-state index < -0.39 is 12.1 Å². The van der Waals surface area contributed by atoms with Gasteiger partial charge in [0.05, 0.1) is 6.42 Å². The Morgan fingerprint density at radius 2 is 1.69 bits per heavy atom. The summed E-state index contributed by atoms with van der Waals surface area (Å²) in [4.78, 5) is 36.0. The predicted octanol–water partition coefficient (Wildman–Crippen LogP) is 4.84. The number of carboxylic acid groups (broad SMARTS) is 1. The number of aliphatic carboxylic acids is 1. The van der Waals surface area contributed by atoms with Crippen LogP contribution in [0.25, 0.3) is 11.1 Å². The Bertz CT molecular complexity index is 1020. The van der Waals surface area contributed by atoms with Crippen molar-refractivity contribution in [1.29, 1.82) is 0 Å². The van der Waals surface area contributed by atoms with Crippen molar-refractivity contribution in [1.82, 2.24) is 10.6 Å². The highest BCUT2D eigenvalue weighted by molar-refractivity contribution is 5.79. The van der Waals surface area contributed by atoms with Gasteiger partial charge in [-0.3, -0.25) is 9.59 Å². The number of ether oxygens (including phenoxy) is 1. The maximum absolute atomic E-state index is 12.6. The van der Waals surface area contributed by atoms with Crippen molar-refractivity contribution in [2.45, 2.75) is 69.9 Å². The van der Waals surface area contributed by atoms with Gasteiger partial charge in [0.25, 0.3) is 0 Å². The first-order valence-corrected chi connectivity index (χ1v) is 12.6. The monoisotopic (exact) mass is 478 g/mol. The number of alkyl carbamates (subject to hydrolysis) is 1. The van der Waals surface area contributed by atoms with Gasteiger partial charge in [-0.05, 0) is 53.9 Å². The lowest BCUT2D eigenvalue weighted by Crippen LogP contribution is -2.37. The lowest BCUT2D eigenvalue weighted by molar-refractivity contribution is -0.137. The molecule has 3 atom stereocenters. The smallest absolute Gasteiger partial charge is 0.407 e. The van der Waals surface area contributed by atoms with E-state index >= 15 is 0 Å². The number of fused-ring (bicyclic) bond motifs is 3. The molecule has 3 N–H and O–H groups in total. The number of hydrogen-bond donors (Lipinski definition) is 3. The highest BCUT2D eigenvalue weighted by Crippen LogP contribution is 2.44. The minimum absolute atomic E-state index is 0.0195. The van der Waals surface area contributed by atoms with Gasteiger partial charge in [0.1, 0.15) is 6.61 Å². The van der Waals surface area contributed by atoms with Crippen molar-refractivity contribution in [3.8, 4) is 11.1 Å². The third kappa shape index (κ3) is 6.21. The number of nitrogens with one attached hydrogen (secondary N) is 2. The zero-order chi connectivity index (χ0) is 24.8. The Kier molecular flexibility index (Phi) is 8.06. The van der Waals surface area contributed by atoms with E-state index in [2.05, 4.69) is 34.9 Å². The van der Waals surface area contributed by atoms with Crippen LogP contribution in [0.5, 0.6) is 0 Å². The quantitative estimate of drug-likeness (QED) is 0.453. The molecule has 0 heterocycles. The van der Waals surface area contributed by atoms with Crippen LogP contribution in [0.3, 0.4) is 0 Å². The number of amides is 2. The van der Waals surface area contributed by atoms with Crippen LogP contribution in [0, 0.1) is 5.92 Å². The second kappa shape index (κ2) is 11.4. The third-order valence-electron chi connectivity index (χ3n) is 7.10. The number of carbonyl (C=O) groups is 3. The van der Waals surface area contributed by atoms with Gasteiger partial charge < -0.3 is 20.5 Å². The number of benzene rings is 2. The second-order valence-electron chi connectivity index (χ2n) is 9.70. The fraction of sp³-hybridized carbons (Fsp3) is 0.464. The average Bonchev–Trinajstić information content (AvgIpc) is 3.39. The number of carboxylic acids is 1. The molecule has 0 aliphatic heterocycles. The van der Waals surface area contributed by atoms with Crippen LogP contribution in [-0.2, 0) is 14.3 Å². The summed E-state index contributed by atoms with van der Waals surface area (Å²) in [6.07, 6.45) is 3.69. The maximum atomic E-state index is 12.6. The number of rotatable bonds is 10. The van der Waals surface area contributed by atoms with Crippen molar-refractivity contribution in [2.75, 3.05) is 6.61 Å². The standard InChI is InChI=1S/C28H34N2O5/c1-2-7-19(16-27(32)33)29-26(31)15-18-12-13-20(14-18)30-28(34)35-17-25-23-10-5-3-8-21(23)22-9-4-6-11-24(22)25/h3-6,8-11,18-20,25H,2,7,12-17H2,1H3,(H,29,31)(H,30,34)(H,32,33)/t18-,19+,20+/m0/s1. The summed E-state index contributed by atoms with van der Waals surface area (Å²) in [7, 11) is 0. The largest absolute Gasteiger partial charge is 0.481 e. The Labute approximate surface area is 206 Å². The summed E-state index contributed by atoms with van der Waals surface area (Å²) >= 11 is 0. The summed E-state index contributed by atoms with van der Waals surface area (Å²) in [5.74, 6) is -0.829. The first-order valence-electron chi connectivity index (χ1n) is 12.6. The molecular weight excluding hydrogens is 444 g/mol. The normalized spacial score (nSPS) is 19.5. The van der Waals surface area contributed by atoms with Gasteiger partial charge in [0.2, 0.25) is 5.91 Å². The Morgan fingerprint density at radius 3 is 2.31 bits per heavy atom. The van der Waals surface area contributed by atoms with Crippen LogP contribution >= 0.6 is 0 Å². The molecule has 2 aromatic carbocycles. The average molecular weight is 479 g/mol. The highest BCUT2D eigenvalue weighted by atomic mass is 16.5. The molecule has 0 unspecified atom stereocenters. The summed E-state index contributed by atoms with van der Waals surface area (Å²) in [5, 5.41) is 14.9. The molecule has 0 bridgehead atoms. The van der Waals surface area contributed by atoms with E-state index in [-0.39, 0.29) is 42.9 Å². The maximum Gasteiger partial charge on any atom is 0.407 e. The highest BCUT2D eigenvalue weighted by Gasteiger charge is 2.31. The zero-order valence-electron chi connectivity index (χ0n) is 20.2. The van der Waals surface area contributed by atoms with Crippen LogP contribution in [0.1, 0.15) is 68.9 Å². The fourth-order valence-corrected chi connectivity index (χ4v) is 5.53. The summed E-state index contributed by atoms with van der Waals surface area (Å²) in [6, 6.07) is 16.1. The first-order chi connectivity index (χ1) is 16.9. The van der Waals surface area contributed by atoms with E-state index in [1.165, 1.54) is 22.3 Å². The van der Waals surface area contributed by atoms with Crippen molar-refractivity contribution in [3.05, 3.63) is 59.7 Å². The summed E-state index contributed by atoms with van der Waals surface area (Å²) < 4.78 is 5.65. The van der Waals surface area contributed by atoms with E-state index in [9.17, 15) is 14.4 Å². The van der Waals surface area contributed by atoms with Gasteiger partial charge in [-0.2, -0.15) is 0 Å². The van der Waals surface area contributed by atoms with Crippen molar-refractivity contribution in [3.63, 3.8) is 0 Å². The number of hydrogen-bond acceptors (Lipinski definition) is 4. The van der Waals surface area contributed by atoms with Gasteiger partial charge in [0, 0.05) is 24.4 Å². The van der Waals surface area contributed by atoms with Gasteiger partial charge in [-0.25, -0.2) is 4.79 Å². The van der Waals surface area contributed by atoms with Crippen molar-refractivity contribution < 1.29 is 24.2 Å². The Morgan fingerprint density at radius 1 is 1.03 bits per heavy atom. The van der Waals surface area contributed by atoms with E-state index in [4.69, 9.17) is 9.84 Å². The second-order valence-corrected chi connectivity index (χ2v) is 9.70. The zero-order valence-corrected chi connectivity index (χ0v) is 20.2. The molecule has 0 saturated heterocycles.